The fraction of sp³-hybridized carbons (Fsp3) is 0.150. The van der Waals surface area contributed by atoms with Crippen LogP contribution in [0.1, 0.15) is 23.7 Å². The van der Waals surface area contributed by atoms with E-state index in [1.54, 1.807) is 24.3 Å². The second-order valence-corrected chi connectivity index (χ2v) is 6.40. The second kappa shape index (κ2) is 6.92. The maximum atomic E-state index is 14.0. The lowest BCUT2D eigenvalue weighted by molar-refractivity contribution is 0.167. The smallest absolute Gasteiger partial charge is 0.219 e. The van der Waals surface area contributed by atoms with Crippen molar-refractivity contribution in [2.75, 3.05) is 0 Å². The second-order valence-electron chi connectivity index (χ2n) is 5.97. The van der Waals surface area contributed by atoms with E-state index >= 15 is 0 Å². The van der Waals surface area contributed by atoms with Gasteiger partial charge in [-0.05, 0) is 54.8 Å². The first-order valence-corrected chi connectivity index (χ1v) is 8.51. The van der Waals surface area contributed by atoms with Gasteiger partial charge in [-0.3, -0.25) is 0 Å². The maximum absolute atomic E-state index is 14.0. The van der Waals surface area contributed by atoms with Crippen molar-refractivity contribution >= 4 is 11.6 Å². The van der Waals surface area contributed by atoms with Crippen LogP contribution in [0.15, 0.2) is 54.7 Å². The predicted molar refractivity (Wildman–Crippen MR) is 93.8 cm³/mol. The van der Waals surface area contributed by atoms with Gasteiger partial charge in [0, 0.05) is 12.3 Å². The zero-order chi connectivity index (χ0) is 18.1. The number of pyridine rings is 1. The Bertz CT molecular complexity index is 927. The molecule has 0 amide bonds. The molecular weight excluding hydrogens is 360 g/mol. The summed E-state index contributed by atoms with van der Waals surface area (Å²) >= 11 is 5.81. The highest BCUT2D eigenvalue weighted by atomic mass is 35.5. The molecule has 1 aliphatic heterocycles. The topological polar surface area (TPSA) is 31.4 Å². The van der Waals surface area contributed by atoms with E-state index in [-0.39, 0.29) is 5.56 Å². The zero-order valence-electron chi connectivity index (χ0n) is 13.6. The molecule has 3 nitrogen and oxygen atoms in total. The summed E-state index contributed by atoms with van der Waals surface area (Å²) in [5, 5.41) is 0.530. The molecule has 1 aromatic heterocycles. The highest BCUT2D eigenvalue weighted by Gasteiger charge is 2.26. The highest BCUT2D eigenvalue weighted by molar-refractivity contribution is 6.30. The number of fused-ring (bicyclic) bond motifs is 1. The molecular formula is C20H14ClF2NO2. The molecule has 4 rings (SSSR count). The van der Waals surface area contributed by atoms with Gasteiger partial charge in [0.25, 0.3) is 0 Å². The SMILES string of the molecule is Fc1cccc(F)c1C1CCc2cc(Oc3ccc(Cl)cn3)ccc2O1. The summed E-state index contributed by atoms with van der Waals surface area (Å²) in [6.45, 7) is 0. The van der Waals surface area contributed by atoms with Gasteiger partial charge in [-0.25, -0.2) is 13.8 Å². The standard InChI is InChI=1S/C20H14ClF2NO2/c21-13-5-9-19(24-11-13)25-14-6-8-17-12(10-14)4-7-18(26-17)20-15(22)2-1-3-16(20)23/h1-3,5-6,8-11,18H,4,7H2. The van der Waals surface area contributed by atoms with Crippen LogP contribution >= 0.6 is 11.6 Å². The molecule has 0 spiro atoms. The lowest BCUT2D eigenvalue weighted by atomic mass is 9.96. The van der Waals surface area contributed by atoms with Crippen molar-refractivity contribution in [3.8, 4) is 17.4 Å². The molecule has 0 saturated carbocycles. The number of hydrogen-bond acceptors (Lipinski definition) is 3. The van der Waals surface area contributed by atoms with E-state index in [0.29, 0.717) is 35.2 Å². The first-order chi connectivity index (χ1) is 12.6. The summed E-state index contributed by atoms with van der Waals surface area (Å²) in [5.41, 5.74) is 0.897. The Hall–Kier alpha value is -2.66. The van der Waals surface area contributed by atoms with Crippen LogP contribution in [0.25, 0.3) is 0 Å². The molecule has 1 unspecified atom stereocenters. The number of benzene rings is 2. The van der Waals surface area contributed by atoms with Crippen molar-refractivity contribution in [3.05, 3.63) is 82.5 Å². The van der Waals surface area contributed by atoms with Crippen molar-refractivity contribution in [1.29, 1.82) is 0 Å². The molecule has 132 valence electrons. The van der Waals surface area contributed by atoms with Crippen LogP contribution < -0.4 is 9.47 Å². The number of aromatic nitrogens is 1. The normalized spacial score (nSPS) is 15.9. The predicted octanol–water partition coefficient (Wildman–Crippen LogP) is 5.87. The van der Waals surface area contributed by atoms with E-state index in [2.05, 4.69) is 4.98 Å². The number of nitrogens with zero attached hydrogens (tertiary/aromatic N) is 1. The molecule has 0 saturated heterocycles. The Kier molecular flexibility index (Phi) is 4.47. The fourth-order valence-electron chi connectivity index (χ4n) is 2.99. The molecule has 1 atom stereocenters. The van der Waals surface area contributed by atoms with E-state index in [9.17, 15) is 8.78 Å². The van der Waals surface area contributed by atoms with Gasteiger partial charge in [-0.15, -0.1) is 0 Å². The summed E-state index contributed by atoms with van der Waals surface area (Å²) in [4.78, 5) is 4.09. The lowest BCUT2D eigenvalue weighted by Crippen LogP contribution is -2.17. The number of hydrogen-bond donors (Lipinski definition) is 0. The molecule has 0 aliphatic carbocycles. The molecule has 26 heavy (non-hydrogen) atoms. The van der Waals surface area contributed by atoms with Crippen molar-refractivity contribution in [2.45, 2.75) is 18.9 Å². The molecule has 0 fully saturated rings. The molecule has 3 aromatic rings. The molecule has 2 heterocycles. The monoisotopic (exact) mass is 373 g/mol. The summed E-state index contributed by atoms with van der Waals surface area (Å²) < 4.78 is 39.5. The Morgan fingerprint density at radius 3 is 2.62 bits per heavy atom. The van der Waals surface area contributed by atoms with Gasteiger partial charge in [0.05, 0.1) is 10.6 Å². The number of ether oxygens (including phenoxy) is 2. The molecule has 0 N–H and O–H groups in total. The zero-order valence-corrected chi connectivity index (χ0v) is 14.3. The minimum atomic E-state index is -0.645. The average Bonchev–Trinajstić information content (AvgIpc) is 2.63. The van der Waals surface area contributed by atoms with Crippen LogP contribution in [0.2, 0.25) is 5.02 Å². The summed E-state index contributed by atoms with van der Waals surface area (Å²) in [6, 6.07) is 12.5. The van der Waals surface area contributed by atoms with E-state index < -0.39 is 17.7 Å². The lowest BCUT2D eigenvalue weighted by Gasteiger charge is -2.27. The number of rotatable bonds is 3. The first-order valence-electron chi connectivity index (χ1n) is 8.13. The van der Waals surface area contributed by atoms with Gasteiger partial charge >= 0.3 is 0 Å². The van der Waals surface area contributed by atoms with E-state index in [1.165, 1.54) is 24.4 Å². The van der Waals surface area contributed by atoms with E-state index in [4.69, 9.17) is 21.1 Å². The first kappa shape index (κ1) is 16.8. The quantitative estimate of drug-likeness (QED) is 0.575. The minimum Gasteiger partial charge on any atom is -0.485 e. The van der Waals surface area contributed by atoms with E-state index in [1.807, 2.05) is 6.07 Å². The third kappa shape index (κ3) is 3.35. The van der Waals surface area contributed by atoms with Crippen molar-refractivity contribution in [2.24, 2.45) is 0 Å². The summed E-state index contributed by atoms with van der Waals surface area (Å²) in [6.07, 6.45) is 1.96. The number of halogens is 3. The molecule has 2 aromatic carbocycles. The Morgan fingerprint density at radius 2 is 1.88 bits per heavy atom. The van der Waals surface area contributed by atoms with Gasteiger partial charge in [-0.1, -0.05) is 17.7 Å². The maximum Gasteiger partial charge on any atom is 0.219 e. The van der Waals surface area contributed by atoms with E-state index in [0.717, 1.165) is 5.56 Å². The number of aryl methyl sites for hydroxylation is 1. The van der Waals surface area contributed by atoms with Crippen molar-refractivity contribution in [1.82, 2.24) is 4.98 Å². The molecule has 0 radical (unpaired) electrons. The minimum absolute atomic E-state index is 0.0242. The molecule has 0 bridgehead atoms. The van der Waals surface area contributed by atoms with Crippen LogP contribution in [0.3, 0.4) is 0 Å². The van der Waals surface area contributed by atoms with Crippen LogP contribution in [-0.4, -0.2) is 4.98 Å². The Balaban J connectivity index is 1.55. The average molecular weight is 374 g/mol. The largest absolute Gasteiger partial charge is 0.485 e. The summed E-state index contributed by atoms with van der Waals surface area (Å²) in [5.74, 6) is 0.454. The van der Waals surface area contributed by atoms with Crippen molar-refractivity contribution < 1.29 is 18.3 Å². The van der Waals surface area contributed by atoms with Gasteiger partial charge in [0.15, 0.2) is 0 Å². The third-order valence-corrected chi connectivity index (χ3v) is 4.44. The van der Waals surface area contributed by atoms with Gasteiger partial charge in [0.1, 0.15) is 29.2 Å². The van der Waals surface area contributed by atoms with Crippen LogP contribution in [0.5, 0.6) is 17.4 Å². The van der Waals surface area contributed by atoms with Crippen LogP contribution in [0, 0.1) is 11.6 Å². The fourth-order valence-corrected chi connectivity index (χ4v) is 3.11. The van der Waals surface area contributed by atoms with Crippen LogP contribution in [0.4, 0.5) is 8.78 Å². The van der Waals surface area contributed by atoms with Crippen LogP contribution in [-0.2, 0) is 6.42 Å². The molecule has 1 aliphatic rings. The highest BCUT2D eigenvalue weighted by Crippen LogP contribution is 2.38. The van der Waals surface area contributed by atoms with Gasteiger partial charge < -0.3 is 9.47 Å². The molecule has 6 heteroatoms. The third-order valence-electron chi connectivity index (χ3n) is 4.22. The van der Waals surface area contributed by atoms with Gasteiger partial charge in [-0.2, -0.15) is 0 Å². The van der Waals surface area contributed by atoms with Gasteiger partial charge in [0.2, 0.25) is 5.88 Å². The summed E-state index contributed by atoms with van der Waals surface area (Å²) in [7, 11) is 0. The van der Waals surface area contributed by atoms with Crippen molar-refractivity contribution in [3.63, 3.8) is 0 Å². The Morgan fingerprint density at radius 1 is 1.08 bits per heavy atom. The Labute approximate surface area is 154 Å².